The number of Topliss-reactive ketones (excluding diaryl/α,β-unsaturated/α-hetero) is 1. The highest BCUT2D eigenvalue weighted by Crippen LogP contribution is 2.47. The Balaban J connectivity index is 1.90. The molecule has 0 bridgehead atoms. The molecule has 1 aromatic heterocycles. The number of hydrogen-bond donors (Lipinski definition) is 1. The molecule has 0 radical (unpaired) electrons. The van der Waals surface area contributed by atoms with Gasteiger partial charge < -0.3 is 24.2 Å². The number of benzene rings is 2. The van der Waals surface area contributed by atoms with Crippen molar-refractivity contribution in [2.75, 3.05) is 21.3 Å². The van der Waals surface area contributed by atoms with E-state index in [4.69, 9.17) is 37.4 Å². The molecular formula is C26H22Cl2N2O6. The van der Waals surface area contributed by atoms with Gasteiger partial charge in [0.15, 0.2) is 11.5 Å². The number of aromatic nitrogens is 1. The van der Waals surface area contributed by atoms with Gasteiger partial charge in [0.1, 0.15) is 16.5 Å². The van der Waals surface area contributed by atoms with Crippen molar-refractivity contribution in [1.82, 2.24) is 9.88 Å². The quantitative estimate of drug-likeness (QED) is 0.260. The number of amides is 1. The smallest absolute Gasteiger partial charge is 0.295 e. The summed E-state index contributed by atoms with van der Waals surface area (Å²) in [5.41, 5.74) is 1.28. The van der Waals surface area contributed by atoms with Crippen molar-refractivity contribution in [3.8, 4) is 17.2 Å². The van der Waals surface area contributed by atoms with E-state index in [-0.39, 0.29) is 39.2 Å². The molecule has 1 N–H and O–H groups in total. The van der Waals surface area contributed by atoms with Crippen molar-refractivity contribution in [3.05, 3.63) is 87.2 Å². The number of pyridine rings is 1. The van der Waals surface area contributed by atoms with Crippen LogP contribution in [0.5, 0.6) is 17.2 Å². The van der Waals surface area contributed by atoms with Crippen LogP contribution in [0.15, 0.2) is 60.4 Å². The number of aliphatic hydroxyl groups is 1. The van der Waals surface area contributed by atoms with Gasteiger partial charge in [-0.25, -0.2) is 0 Å². The van der Waals surface area contributed by atoms with Gasteiger partial charge in [-0.3, -0.25) is 14.6 Å². The maximum atomic E-state index is 13.3. The lowest BCUT2D eigenvalue weighted by Gasteiger charge is -2.25. The lowest BCUT2D eigenvalue weighted by Crippen LogP contribution is -2.29. The number of carbonyl (C=O) groups is 2. The second kappa shape index (κ2) is 10.5. The Labute approximate surface area is 217 Å². The van der Waals surface area contributed by atoms with E-state index in [2.05, 4.69) is 4.98 Å². The second-order valence-corrected chi connectivity index (χ2v) is 8.63. The fourth-order valence-electron chi connectivity index (χ4n) is 4.15. The standard InChI is InChI=1S/C26H22Cl2N2O6/c1-34-16-6-4-14(5-7-16)13-30-21(15-8-10-29-11-9-15)19(23(32)26(30)33)22(31)17-12-18(27)25(36-3)20(28)24(17)35-2/h4-12,21,31H,13H2,1-3H3/b22-19+. The number of carbonyl (C=O) groups excluding carboxylic acids is 2. The van der Waals surface area contributed by atoms with Gasteiger partial charge in [0.25, 0.3) is 11.7 Å². The Bertz CT molecular complexity index is 1340. The highest BCUT2D eigenvalue weighted by molar-refractivity contribution is 6.47. The summed E-state index contributed by atoms with van der Waals surface area (Å²) in [7, 11) is 4.30. The molecule has 2 aromatic carbocycles. The van der Waals surface area contributed by atoms with Crippen molar-refractivity contribution < 1.29 is 28.9 Å². The maximum absolute atomic E-state index is 13.3. The fraction of sp³-hybridized carbons (Fsp3) is 0.192. The molecule has 4 rings (SSSR count). The zero-order valence-electron chi connectivity index (χ0n) is 19.6. The topological polar surface area (TPSA) is 98.2 Å². The Morgan fingerprint density at radius 3 is 2.19 bits per heavy atom. The molecule has 1 saturated heterocycles. The first-order chi connectivity index (χ1) is 17.3. The third kappa shape index (κ3) is 4.45. The van der Waals surface area contributed by atoms with Crippen LogP contribution in [0.25, 0.3) is 5.76 Å². The van der Waals surface area contributed by atoms with Gasteiger partial charge >= 0.3 is 0 Å². The third-order valence-corrected chi connectivity index (χ3v) is 6.49. The minimum atomic E-state index is -0.903. The van der Waals surface area contributed by atoms with Gasteiger partial charge in [-0.15, -0.1) is 0 Å². The van der Waals surface area contributed by atoms with Crippen LogP contribution in [-0.2, 0) is 16.1 Å². The van der Waals surface area contributed by atoms with Crippen molar-refractivity contribution in [3.63, 3.8) is 0 Å². The minimum Gasteiger partial charge on any atom is -0.507 e. The number of nitrogens with zero attached hydrogens (tertiary/aromatic N) is 2. The summed E-state index contributed by atoms with van der Waals surface area (Å²) < 4.78 is 15.8. The molecular weight excluding hydrogens is 507 g/mol. The molecule has 8 nitrogen and oxygen atoms in total. The van der Waals surface area contributed by atoms with Crippen LogP contribution >= 0.6 is 23.2 Å². The lowest BCUT2D eigenvalue weighted by molar-refractivity contribution is -0.140. The van der Waals surface area contributed by atoms with E-state index in [0.717, 1.165) is 5.56 Å². The number of rotatable bonds is 7. The average Bonchev–Trinajstić information content (AvgIpc) is 3.14. The Kier molecular flexibility index (Phi) is 7.37. The van der Waals surface area contributed by atoms with Gasteiger partial charge in [0.05, 0.1) is 43.5 Å². The minimum absolute atomic E-state index is 0.0157. The molecule has 186 valence electrons. The highest BCUT2D eigenvalue weighted by atomic mass is 35.5. The van der Waals surface area contributed by atoms with Crippen LogP contribution in [0.4, 0.5) is 0 Å². The van der Waals surface area contributed by atoms with Crippen LogP contribution < -0.4 is 14.2 Å². The summed E-state index contributed by atoms with van der Waals surface area (Å²) in [5.74, 6) is -1.24. The monoisotopic (exact) mass is 528 g/mol. The molecule has 1 amide bonds. The van der Waals surface area contributed by atoms with Gasteiger partial charge in [-0.1, -0.05) is 35.3 Å². The van der Waals surface area contributed by atoms with E-state index >= 15 is 0 Å². The zero-order valence-corrected chi connectivity index (χ0v) is 21.1. The Hall–Kier alpha value is -3.75. The molecule has 36 heavy (non-hydrogen) atoms. The van der Waals surface area contributed by atoms with Crippen LogP contribution in [0.3, 0.4) is 0 Å². The number of halogens is 2. The summed E-state index contributed by atoms with van der Waals surface area (Å²) in [6.45, 7) is 0.111. The second-order valence-electron chi connectivity index (χ2n) is 7.84. The molecule has 10 heteroatoms. The van der Waals surface area contributed by atoms with E-state index in [1.54, 1.807) is 55.9 Å². The molecule has 1 atom stereocenters. The molecule has 0 spiro atoms. The van der Waals surface area contributed by atoms with Gasteiger partial charge in [0.2, 0.25) is 0 Å². The number of ketones is 1. The maximum Gasteiger partial charge on any atom is 0.295 e. The van der Waals surface area contributed by atoms with Crippen LogP contribution in [0, 0.1) is 0 Å². The fourth-order valence-corrected chi connectivity index (χ4v) is 4.84. The first kappa shape index (κ1) is 25.3. The Morgan fingerprint density at radius 2 is 1.61 bits per heavy atom. The molecule has 1 aliphatic rings. The molecule has 1 fully saturated rings. The SMILES string of the molecule is COc1ccc(CN2C(=O)C(=O)/C(=C(/O)c3cc(Cl)c(OC)c(Cl)c3OC)C2c2ccncc2)cc1. The molecule has 0 aliphatic carbocycles. The molecule has 1 unspecified atom stereocenters. The summed E-state index contributed by atoms with van der Waals surface area (Å²) >= 11 is 12.7. The first-order valence-electron chi connectivity index (χ1n) is 10.7. The van der Waals surface area contributed by atoms with Crippen LogP contribution in [0.1, 0.15) is 22.7 Å². The van der Waals surface area contributed by atoms with Crippen molar-refractivity contribution >= 4 is 40.7 Å². The summed E-state index contributed by atoms with van der Waals surface area (Å²) in [6.07, 6.45) is 3.09. The highest BCUT2D eigenvalue weighted by Gasteiger charge is 2.46. The summed E-state index contributed by atoms with van der Waals surface area (Å²) in [5, 5.41) is 11.5. The number of hydrogen-bond acceptors (Lipinski definition) is 7. The number of aliphatic hydroxyl groups excluding tert-OH is 1. The largest absolute Gasteiger partial charge is 0.507 e. The zero-order chi connectivity index (χ0) is 26.0. The Morgan fingerprint density at radius 1 is 0.972 bits per heavy atom. The summed E-state index contributed by atoms with van der Waals surface area (Å²) in [4.78, 5) is 32.0. The summed E-state index contributed by atoms with van der Waals surface area (Å²) in [6, 6.07) is 11.0. The first-order valence-corrected chi connectivity index (χ1v) is 11.5. The number of likely N-dealkylation sites (tertiary alicyclic amines) is 1. The number of ether oxygens (including phenoxy) is 3. The van der Waals surface area contributed by atoms with E-state index < -0.39 is 23.5 Å². The molecule has 0 saturated carbocycles. The van der Waals surface area contributed by atoms with Crippen LogP contribution in [0.2, 0.25) is 10.0 Å². The van der Waals surface area contributed by atoms with Crippen molar-refractivity contribution in [2.24, 2.45) is 0 Å². The van der Waals surface area contributed by atoms with E-state index in [1.165, 1.54) is 25.2 Å². The lowest BCUT2D eigenvalue weighted by atomic mass is 9.95. The van der Waals surface area contributed by atoms with Crippen molar-refractivity contribution in [2.45, 2.75) is 12.6 Å². The third-order valence-electron chi connectivity index (χ3n) is 5.87. The average molecular weight is 529 g/mol. The molecule has 2 heterocycles. The normalized spacial score (nSPS) is 16.8. The molecule has 1 aliphatic heterocycles. The van der Waals surface area contributed by atoms with E-state index in [0.29, 0.717) is 11.3 Å². The van der Waals surface area contributed by atoms with E-state index in [9.17, 15) is 14.7 Å². The van der Waals surface area contributed by atoms with Gasteiger partial charge in [-0.05, 0) is 41.5 Å². The van der Waals surface area contributed by atoms with Gasteiger partial charge in [0, 0.05) is 18.9 Å². The molecule has 3 aromatic rings. The van der Waals surface area contributed by atoms with E-state index in [1.807, 2.05) is 0 Å². The van der Waals surface area contributed by atoms with Crippen LogP contribution in [-0.4, -0.2) is 48.0 Å². The predicted molar refractivity (Wildman–Crippen MR) is 135 cm³/mol. The van der Waals surface area contributed by atoms with Crippen molar-refractivity contribution in [1.29, 1.82) is 0 Å². The van der Waals surface area contributed by atoms with Gasteiger partial charge in [-0.2, -0.15) is 0 Å². The number of methoxy groups -OCH3 is 3. The predicted octanol–water partition coefficient (Wildman–Crippen LogP) is 5.04.